The summed E-state index contributed by atoms with van der Waals surface area (Å²) >= 11 is 0.596. The first-order valence-electron chi connectivity index (χ1n) is 12.6. The zero-order valence-corrected chi connectivity index (χ0v) is 22.5. The Kier molecular flexibility index (Phi) is 7.92. The van der Waals surface area contributed by atoms with E-state index in [4.69, 9.17) is 0 Å². The SMILES string of the molecule is CC1CCCN1C(=O)c1nc(C(=O)NCC(C)(C)O)sc1-c1cnc(N[C@@H]2CCCC2(F)F)cc1C(F)(F)F. The smallest absolute Gasteiger partial charge is 0.389 e. The van der Waals surface area contributed by atoms with Gasteiger partial charge in [-0.1, -0.05) is 0 Å². The second kappa shape index (κ2) is 10.6. The highest BCUT2D eigenvalue weighted by atomic mass is 32.1. The molecule has 39 heavy (non-hydrogen) atoms. The van der Waals surface area contributed by atoms with Crippen LogP contribution in [0.15, 0.2) is 12.3 Å². The van der Waals surface area contributed by atoms with E-state index in [0.29, 0.717) is 36.8 Å². The van der Waals surface area contributed by atoms with E-state index in [1.807, 2.05) is 6.92 Å². The highest BCUT2D eigenvalue weighted by Crippen LogP contribution is 2.43. The van der Waals surface area contributed by atoms with Crippen LogP contribution in [0.1, 0.15) is 78.7 Å². The standard InChI is InChI=1S/C25H30F5N5O3S/c1-13-6-5-9-35(13)22(37)18-19(39-21(34-18)20(36)32-12-23(2,3)38)14-11-31-17(10-15(14)25(28,29)30)33-16-7-4-8-24(16,26)27/h10-11,13,16,38H,4-9,12H2,1-3H3,(H,31,33)(H,32,36)/t13?,16-/m1/s1. The van der Waals surface area contributed by atoms with E-state index >= 15 is 0 Å². The van der Waals surface area contributed by atoms with Crippen molar-refractivity contribution in [2.24, 2.45) is 0 Å². The van der Waals surface area contributed by atoms with E-state index < -0.39 is 46.7 Å². The number of pyridine rings is 1. The van der Waals surface area contributed by atoms with Crippen LogP contribution in [0.5, 0.6) is 0 Å². The molecule has 1 saturated carbocycles. The molecular weight excluding hydrogens is 545 g/mol. The lowest BCUT2D eigenvalue weighted by molar-refractivity contribution is -0.137. The summed E-state index contributed by atoms with van der Waals surface area (Å²) in [6.07, 6.45) is -2.68. The van der Waals surface area contributed by atoms with Gasteiger partial charge >= 0.3 is 6.18 Å². The maximum absolute atomic E-state index is 14.3. The molecule has 2 atom stereocenters. The Hall–Kier alpha value is -2.87. The molecule has 2 aliphatic rings. The molecule has 2 amide bonds. The molecule has 1 aliphatic heterocycles. The Morgan fingerprint density at radius 3 is 2.51 bits per heavy atom. The predicted octanol–water partition coefficient (Wildman–Crippen LogP) is 4.95. The van der Waals surface area contributed by atoms with Crippen LogP contribution in [-0.4, -0.2) is 68.5 Å². The van der Waals surface area contributed by atoms with Crippen molar-refractivity contribution in [3.8, 4) is 10.4 Å². The quantitative estimate of drug-likeness (QED) is 0.404. The summed E-state index contributed by atoms with van der Waals surface area (Å²) in [6, 6.07) is -0.871. The van der Waals surface area contributed by atoms with E-state index in [0.717, 1.165) is 6.20 Å². The fraction of sp³-hybridized carbons (Fsp3) is 0.600. The lowest BCUT2D eigenvalue weighted by Crippen LogP contribution is -2.38. The lowest BCUT2D eigenvalue weighted by Gasteiger charge is -2.22. The van der Waals surface area contributed by atoms with Crippen molar-refractivity contribution in [3.63, 3.8) is 0 Å². The second-order valence-electron chi connectivity index (χ2n) is 10.6. The van der Waals surface area contributed by atoms with Gasteiger partial charge in [-0.15, -0.1) is 11.3 Å². The average Bonchev–Trinajstić information content (AvgIpc) is 3.54. The molecule has 3 N–H and O–H groups in total. The highest BCUT2D eigenvalue weighted by molar-refractivity contribution is 7.17. The number of carbonyl (C=O) groups is 2. The van der Waals surface area contributed by atoms with Crippen LogP contribution in [0, 0.1) is 0 Å². The van der Waals surface area contributed by atoms with Crippen molar-refractivity contribution in [2.45, 2.75) is 82.7 Å². The molecule has 1 unspecified atom stereocenters. The maximum Gasteiger partial charge on any atom is 0.417 e. The van der Waals surface area contributed by atoms with E-state index in [1.54, 1.807) is 0 Å². The third-order valence-corrected chi connectivity index (χ3v) is 7.90. The number of hydrogen-bond donors (Lipinski definition) is 3. The van der Waals surface area contributed by atoms with Crippen LogP contribution in [0.2, 0.25) is 0 Å². The number of halogens is 5. The molecule has 14 heteroatoms. The number of thiazole rings is 1. The third kappa shape index (κ3) is 6.48. The number of amides is 2. The van der Waals surface area contributed by atoms with Crippen LogP contribution >= 0.6 is 11.3 Å². The summed E-state index contributed by atoms with van der Waals surface area (Å²) in [5, 5.41) is 14.6. The number of hydrogen-bond acceptors (Lipinski definition) is 7. The first-order chi connectivity index (χ1) is 18.1. The van der Waals surface area contributed by atoms with E-state index in [9.17, 15) is 36.6 Å². The molecule has 0 radical (unpaired) electrons. The number of nitrogens with one attached hydrogen (secondary N) is 2. The lowest BCUT2D eigenvalue weighted by atomic mass is 10.1. The van der Waals surface area contributed by atoms with Gasteiger partial charge in [0.15, 0.2) is 5.01 Å². The maximum atomic E-state index is 14.3. The molecule has 2 aromatic heterocycles. The summed E-state index contributed by atoms with van der Waals surface area (Å²) < 4.78 is 71.0. The number of alkyl halides is 5. The van der Waals surface area contributed by atoms with E-state index in [-0.39, 0.29) is 53.2 Å². The first kappa shape index (κ1) is 29.1. The topological polar surface area (TPSA) is 107 Å². The molecule has 8 nitrogen and oxygen atoms in total. The summed E-state index contributed by atoms with van der Waals surface area (Å²) in [7, 11) is 0. The molecular formula is C25H30F5N5O3S. The van der Waals surface area contributed by atoms with Gasteiger partial charge in [0.2, 0.25) is 0 Å². The van der Waals surface area contributed by atoms with Crippen molar-refractivity contribution in [2.75, 3.05) is 18.4 Å². The van der Waals surface area contributed by atoms with Gasteiger partial charge in [-0.3, -0.25) is 9.59 Å². The number of anilines is 1. The Morgan fingerprint density at radius 1 is 1.23 bits per heavy atom. The minimum Gasteiger partial charge on any atom is -0.389 e. The molecule has 0 bridgehead atoms. The number of rotatable bonds is 7. The van der Waals surface area contributed by atoms with Gasteiger partial charge in [0.25, 0.3) is 17.7 Å². The minimum absolute atomic E-state index is 0.0857. The molecule has 0 spiro atoms. The largest absolute Gasteiger partial charge is 0.417 e. The van der Waals surface area contributed by atoms with Gasteiger partial charge < -0.3 is 20.6 Å². The molecule has 214 valence electrons. The van der Waals surface area contributed by atoms with Crippen LogP contribution in [0.3, 0.4) is 0 Å². The normalized spacial score (nSPS) is 21.3. The summed E-state index contributed by atoms with van der Waals surface area (Å²) in [5.41, 5.74) is -3.26. The number of aliphatic hydroxyl groups is 1. The molecule has 3 heterocycles. The fourth-order valence-corrected chi connectivity index (χ4v) is 5.72. The number of aromatic nitrogens is 2. The average molecular weight is 576 g/mol. The number of nitrogens with zero attached hydrogens (tertiary/aromatic N) is 3. The summed E-state index contributed by atoms with van der Waals surface area (Å²) in [6.45, 7) is 4.97. The van der Waals surface area contributed by atoms with Gasteiger partial charge in [0.05, 0.1) is 22.1 Å². The van der Waals surface area contributed by atoms with Crippen molar-refractivity contribution in [1.82, 2.24) is 20.2 Å². The van der Waals surface area contributed by atoms with Gasteiger partial charge in [-0.25, -0.2) is 18.7 Å². The zero-order chi connectivity index (χ0) is 28.8. The van der Waals surface area contributed by atoms with Crippen molar-refractivity contribution in [3.05, 3.63) is 28.5 Å². The van der Waals surface area contributed by atoms with Gasteiger partial charge in [0, 0.05) is 37.3 Å². The van der Waals surface area contributed by atoms with Gasteiger partial charge in [-0.2, -0.15) is 13.2 Å². The van der Waals surface area contributed by atoms with Crippen molar-refractivity contribution >= 4 is 29.0 Å². The molecule has 4 rings (SSSR count). The summed E-state index contributed by atoms with van der Waals surface area (Å²) in [4.78, 5) is 35.6. The van der Waals surface area contributed by atoms with Crippen molar-refractivity contribution in [1.29, 1.82) is 0 Å². The first-order valence-corrected chi connectivity index (χ1v) is 13.4. The Balaban J connectivity index is 1.77. The minimum atomic E-state index is -4.93. The number of carbonyl (C=O) groups excluding carboxylic acids is 2. The van der Waals surface area contributed by atoms with E-state index in [1.165, 1.54) is 18.7 Å². The van der Waals surface area contributed by atoms with Crippen molar-refractivity contribution < 1.29 is 36.6 Å². The van der Waals surface area contributed by atoms with Crippen LogP contribution in [-0.2, 0) is 6.18 Å². The number of likely N-dealkylation sites (tertiary alicyclic amines) is 1. The Bertz CT molecular complexity index is 1240. The monoisotopic (exact) mass is 575 g/mol. The molecule has 2 aromatic rings. The van der Waals surface area contributed by atoms with E-state index in [2.05, 4.69) is 20.6 Å². The molecule has 1 saturated heterocycles. The third-order valence-electron chi connectivity index (χ3n) is 6.81. The molecule has 0 aromatic carbocycles. The second-order valence-corrected chi connectivity index (χ2v) is 11.6. The molecule has 2 fully saturated rings. The zero-order valence-electron chi connectivity index (χ0n) is 21.7. The van der Waals surface area contributed by atoms with Crippen LogP contribution < -0.4 is 10.6 Å². The fourth-order valence-electron chi connectivity index (χ4n) is 4.72. The molecule has 1 aliphatic carbocycles. The van der Waals surface area contributed by atoms with Crippen LogP contribution in [0.25, 0.3) is 10.4 Å². The van der Waals surface area contributed by atoms with Gasteiger partial charge in [-0.05, 0) is 52.5 Å². The summed E-state index contributed by atoms with van der Waals surface area (Å²) in [5.74, 6) is -4.83. The Morgan fingerprint density at radius 2 is 1.95 bits per heavy atom. The van der Waals surface area contributed by atoms with Gasteiger partial charge in [0.1, 0.15) is 11.5 Å². The van der Waals surface area contributed by atoms with Crippen LogP contribution in [0.4, 0.5) is 27.8 Å². The Labute approximate surface area is 226 Å². The highest BCUT2D eigenvalue weighted by Gasteiger charge is 2.44. The predicted molar refractivity (Wildman–Crippen MR) is 135 cm³/mol.